The minimum Gasteiger partial charge on any atom is -0.504 e. The lowest BCUT2D eigenvalue weighted by Gasteiger charge is -2.05. The summed E-state index contributed by atoms with van der Waals surface area (Å²) < 4.78 is 52.3. The van der Waals surface area contributed by atoms with E-state index in [1.807, 2.05) is 0 Å². The number of aryl methyl sites for hydroxylation is 2. The van der Waals surface area contributed by atoms with E-state index in [0.29, 0.717) is 35.5 Å². The molecule has 288 valence electrons. The molecular formula is C32H32BrClO17S2. The van der Waals surface area contributed by atoms with E-state index >= 15 is 0 Å². The predicted octanol–water partition coefficient (Wildman–Crippen LogP) is 4.96. The van der Waals surface area contributed by atoms with Crippen LogP contribution in [0.4, 0.5) is 0 Å². The molecule has 17 nitrogen and oxygen atoms in total. The van der Waals surface area contributed by atoms with Crippen LogP contribution in [0.15, 0.2) is 50.7 Å². The van der Waals surface area contributed by atoms with Crippen molar-refractivity contribution in [2.24, 2.45) is 0 Å². The van der Waals surface area contributed by atoms with Crippen molar-refractivity contribution in [3.63, 3.8) is 0 Å². The van der Waals surface area contributed by atoms with E-state index in [0.717, 1.165) is 30.5 Å². The second-order valence-electron chi connectivity index (χ2n) is 10.1. The maximum atomic E-state index is 11.1. The number of hydrogen-bond donors (Lipinski definition) is 9. The molecule has 0 radical (unpaired) electrons. The highest BCUT2D eigenvalue weighted by atomic mass is 79.9. The molecule has 0 aromatic heterocycles. The molecule has 0 aliphatic carbocycles. The first kappa shape index (κ1) is 47.6. The van der Waals surface area contributed by atoms with Crippen molar-refractivity contribution < 1.29 is 81.4 Å². The molecule has 0 spiro atoms. The molecule has 0 aliphatic rings. The fraction of sp³-hybridized carbons (Fsp3) is 0.125. The number of halogens is 2. The van der Waals surface area contributed by atoms with Crippen LogP contribution in [0.2, 0.25) is 5.02 Å². The lowest BCUT2D eigenvalue weighted by Crippen LogP contribution is -1.99. The first-order chi connectivity index (χ1) is 23.9. The number of aldehydes is 4. The highest BCUT2D eigenvalue weighted by Gasteiger charge is 2.20. The first-order valence-electron chi connectivity index (χ1n) is 13.4. The number of aromatic hydroxyl groups is 8. The summed E-state index contributed by atoms with van der Waals surface area (Å²) in [5.41, 5.74) is 1.19. The molecule has 4 aromatic carbocycles. The first-order valence-corrected chi connectivity index (χ1v) is 17.9. The van der Waals surface area contributed by atoms with Gasteiger partial charge < -0.3 is 40.9 Å². The third-order valence-electron chi connectivity index (χ3n) is 6.22. The number of carbonyl (C=O) groups excluding carboxylic acids is 4. The van der Waals surface area contributed by atoms with Crippen LogP contribution < -0.4 is 0 Å². The minimum absolute atomic E-state index is 0. The summed E-state index contributed by atoms with van der Waals surface area (Å²) in [4.78, 5) is 40.1. The molecule has 9 N–H and O–H groups in total. The Bertz CT molecular complexity index is 2100. The van der Waals surface area contributed by atoms with E-state index in [-0.39, 0.29) is 57.1 Å². The van der Waals surface area contributed by atoms with E-state index < -0.39 is 58.5 Å². The largest absolute Gasteiger partial charge is 0.504 e. The second-order valence-corrected chi connectivity index (χ2v) is 14.6. The van der Waals surface area contributed by atoms with Gasteiger partial charge >= 0.3 is 0 Å². The van der Waals surface area contributed by atoms with Crippen LogP contribution in [-0.4, -0.2) is 93.6 Å². The van der Waals surface area contributed by atoms with Gasteiger partial charge in [-0.25, -0.2) is 8.42 Å². The quantitative estimate of drug-likeness (QED) is 0.0702. The number of carbonyl (C=O) groups is 4. The summed E-state index contributed by atoms with van der Waals surface area (Å²) in [6.07, 6.45) is 2.66. The van der Waals surface area contributed by atoms with E-state index in [1.165, 1.54) is 12.1 Å². The zero-order chi connectivity index (χ0) is 40.5. The summed E-state index contributed by atoms with van der Waals surface area (Å²) in [6.45, 7) is 3.17. The lowest BCUT2D eigenvalue weighted by atomic mass is 10.1. The molecule has 0 heterocycles. The van der Waals surface area contributed by atoms with Crippen molar-refractivity contribution in [3.05, 3.63) is 79.3 Å². The molecule has 0 fully saturated rings. The summed E-state index contributed by atoms with van der Waals surface area (Å²) >= 11 is 8.51. The van der Waals surface area contributed by atoms with Crippen molar-refractivity contribution in [1.29, 1.82) is 0 Å². The van der Waals surface area contributed by atoms with Gasteiger partial charge in [0.1, 0.15) is 22.4 Å². The Morgan fingerprint density at radius 1 is 0.566 bits per heavy atom. The Labute approximate surface area is 315 Å². The van der Waals surface area contributed by atoms with E-state index in [1.54, 1.807) is 13.8 Å². The van der Waals surface area contributed by atoms with Gasteiger partial charge in [-0.15, -0.1) is 0 Å². The Morgan fingerprint density at radius 3 is 1.32 bits per heavy atom. The zero-order valence-electron chi connectivity index (χ0n) is 26.6. The topological polar surface area (TPSA) is 319 Å². The van der Waals surface area contributed by atoms with Crippen LogP contribution in [0, 0.1) is 13.8 Å². The summed E-state index contributed by atoms with van der Waals surface area (Å²) in [7, 11) is -8.31. The predicted molar refractivity (Wildman–Crippen MR) is 192 cm³/mol. The standard InChI is InChI=1S/C8H7BrO3.C8H7ClO3.C8H8O5S.C7H6O6S.CH4/c2*1-4-2-5(3-10)6(9)8(12)7(4)11;1-14(12,13)7-3-5(4-9)2-6(10)8(7)11;8-3-4-1-5(9)7(10)6(2-4)14(11,12)13;/h2*2-3,11-12H,1H3;2-4,10-11H,1H3;1-3,9-10H,(H,11,12,13);1H4. The third-order valence-corrected chi connectivity index (χ3v) is 9.43. The fourth-order valence-electron chi connectivity index (χ4n) is 3.60. The highest BCUT2D eigenvalue weighted by Crippen LogP contribution is 2.39. The van der Waals surface area contributed by atoms with Crippen LogP contribution in [0.1, 0.15) is 60.0 Å². The van der Waals surface area contributed by atoms with E-state index in [2.05, 4.69) is 15.9 Å². The Hall–Kier alpha value is -5.41. The van der Waals surface area contributed by atoms with Gasteiger partial charge in [-0.3, -0.25) is 23.7 Å². The molecular weight excluding hydrogens is 836 g/mol. The normalized spacial score (nSPS) is 10.4. The smallest absolute Gasteiger partial charge is 0.298 e. The number of hydrogen-bond acceptors (Lipinski definition) is 16. The van der Waals surface area contributed by atoms with Gasteiger partial charge in [0.25, 0.3) is 10.1 Å². The van der Waals surface area contributed by atoms with Crippen molar-refractivity contribution in [2.75, 3.05) is 6.26 Å². The molecule has 0 bridgehead atoms. The molecule has 0 amide bonds. The van der Waals surface area contributed by atoms with Crippen LogP contribution in [0.5, 0.6) is 46.0 Å². The highest BCUT2D eigenvalue weighted by molar-refractivity contribution is 9.10. The van der Waals surface area contributed by atoms with Crippen LogP contribution in [0.3, 0.4) is 0 Å². The molecule has 0 saturated heterocycles. The molecule has 0 saturated carbocycles. The second kappa shape index (κ2) is 19.4. The van der Waals surface area contributed by atoms with Gasteiger partial charge in [-0.05, 0) is 77.3 Å². The molecule has 53 heavy (non-hydrogen) atoms. The monoisotopic (exact) mass is 866 g/mol. The molecule has 4 rings (SSSR count). The molecule has 21 heteroatoms. The van der Waals surface area contributed by atoms with Gasteiger partial charge in [0.2, 0.25) is 0 Å². The molecule has 0 aliphatic heterocycles. The van der Waals surface area contributed by atoms with Gasteiger partial charge in [0.15, 0.2) is 68.4 Å². The van der Waals surface area contributed by atoms with E-state index in [9.17, 15) is 51.3 Å². The van der Waals surface area contributed by atoms with Crippen molar-refractivity contribution in [1.82, 2.24) is 0 Å². The number of phenols is 8. The van der Waals surface area contributed by atoms with Gasteiger partial charge in [-0.2, -0.15) is 8.42 Å². The lowest BCUT2D eigenvalue weighted by molar-refractivity contribution is 0.111. The van der Waals surface area contributed by atoms with E-state index in [4.69, 9.17) is 41.7 Å². The Balaban J connectivity index is 0.000000678. The Kier molecular flexibility index (Phi) is 17.4. The summed E-state index contributed by atoms with van der Waals surface area (Å²) in [5.74, 6) is -4.37. The molecule has 0 unspecified atom stereocenters. The number of phenolic OH excluding ortho intramolecular Hbond substituents is 8. The fourth-order valence-corrected chi connectivity index (χ4v) is 5.62. The van der Waals surface area contributed by atoms with Crippen molar-refractivity contribution in [2.45, 2.75) is 31.1 Å². The number of rotatable bonds is 6. The number of benzene rings is 4. The van der Waals surface area contributed by atoms with Gasteiger partial charge in [-0.1, -0.05) is 19.0 Å². The molecule has 4 aromatic rings. The average molecular weight is 868 g/mol. The average Bonchev–Trinajstić information content (AvgIpc) is 3.08. The van der Waals surface area contributed by atoms with Gasteiger partial charge in [0.05, 0.1) is 9.50 Å². The SMILES string of the molecule is C.CS(=O)(=O)c1cc(C=O)cc(O)c1O.Cc1cc(C=O)c(Br)c(O)c1O.Cc1cc(C=O)c(Cl)c(O)c1O.O=Cc1cc(O)c(O)c(S(=O)(=O)O)c1. The maximum absolute atomic E-state index is 11.1. The Morgan fingerprint density at radius 2 is 0.943 bits per heavy atom. The van der Waals surface area contributed by atoms with Crippen molar-refractivity contribution >= 4 is 72.6 Å². The van der Waals surface area contributed by atoms with Crippen LogP contribution in [-0.2, 0) is 20.0 Å². The molecule has 0 atom stereocenters. The summed E-state index contributed by atoms with van der Waals surface area (Å²) in [5, 5.41) is 73.0. The van der Waals surface area contributed by atoms with Gasteiger partial charge in [0, 0.05) is 28.5 Å². The van der Waals surface area contributed by atoms with Crippen LogP contribution >= 0.6 is 27.5 Å². The third kappa shape index (κ3) is 12.4. The zero-order valence-corrected chi connectivity index (χ0v) is 30.6. The van der Waals surface area contributed by atoms with Crippen LogP contribution in [0.25, 0.3) is 0 Å². The minimum atomic E-state index is -4.66. The summed E-state index contributed by atoms with van der Waals surface area (Å²) in [6, 6.07) is 6.50. The maximum Gasteiger partial charge on any atom is 0.298 e. The number of sulfone groups is 1. The van der Waals surface area contributed by atoms with Crippen molar-refractivity contribution in [3.8, 4) is 46.0 Å².